The van der Waals surface area contributed by atoms with Crippen LogP contribution >= 0.6 is 11.6 Å². The number of para-hydroxylation sites is 1. The van der Waals surface area contributed by atoms with Crippen molar-refractivity contribution in [1.82, 2.24) is 24.9 Å². The summed E-state index contributed by atoms with van der Waals surface area (Å²) in [6.07, 6.45) is 1.82. The van der Waals surface area contributed by atoms with Crippen molar-refractivity contribution in [2.45, 2.75) is 46.3 Å². The molecule has 1 unspecified atom stereocenters. The zero-order valence-corrected chi connectivity index (χ0v) is 23.2. The molecule has 0 aliphatic carbocycles. The third-order valence-corrected chi connectivity index (χ3v) is 7.40. The number of hydrogen-bond acceptors (Lipinski definition) is 5. The number of rotatable bonds is 5. The van der Waals surface area contributed by atoms with E-state index < -0.39 is 24.1 Å². The average molecular weight is 553 g/mol. The van der Waals surface area contributed by atoms with Gasteiger partial charge in [0.2, 0.25) is 0 Å². The predicted octanol–water partition coefficient (Wildman–Crippen LogP) is 4.22. The molecule has 0 radical (unpaired) electrons. The van der Waals surface area contributed by atoms with E-state index in [1.807, 2.05) is 57.3 Å². The Balaban J connectivity index is 1.64. The van der Waals surface area contributed by atoms with Gasteiger partial charge < -0.3 is 19.8 Å². The van der Waals surface area contributed by atoms with Crippen molar-refractivity contribution in [2.24, 2.45) is 0 Å². The number of aliphatic hydroxyl groups excluding tert-OH is 1. The fraction of sp³-hybridized carbons (Fsp3) is 0.357. The number of imide groups is 1. The third kappa shape index (κ3) is 5.76. The van der Waals surface area contributed by atoms with Crippen molar-refractivity contribution >= 4 is 35.3 Å². The van der Waals surface area contributed by atoms with Gasteiger partial charge in [-0.25, -0.2) is 14.3 Å². The number of urea groups is 2. The summed E-state index contributed by atoms with van der Waals surface area (Å²) < 4.78 is 1.69. The first-order chi connectivity index (χ1) is 18.7. The van der Waals surface area contributed by atoms with E-state index >= 15 is 0 Å². The SMILES string of the molecule is CCN(CCO)C(=O)NC(=O)N1Cc2ccccc2N(C(=O)c2ccc(-n3ccc(C)n3)cc2Cl)[C@H](C)C1C. The Morgan fingerprint density at radius 3 is 2.51 bits per heavy atom. The summed E-state index contributed by atoms with van der Waals surface area (Å²) in [4.78, 5) is 44.5. The Labute approximate surface area is 232 Å². The van der Waals surface area contributed by atoms with E-state index in [1.165, 1.54) is 4.90 Å². The summed E-state index contributed by atoms with van der Waals surface area (Å²) in [5.41, 5.74) is 3.35. The first-order valence-electron chi connectivity index (χ1n) is 12.9. The van der Waals surface area contributed by atoms with Crippen LogP contribution in [0.15, 0.2) is 54.7 Å². The number of amides is 5. The van der Waals surface area contributed by atoms with E-state index in [-0.39, 0.29) is 30.6 Å². The second-order valence-electron chi connectivity index (χ2n) is 9.52. The fourth-order valence-electron chi connectivity index (χ4n) is 4.73. The van der Waals surface area contributed by atoms with Crippen LogP contribution in [0.25, 0.3) is 5.69 Å². The number of benzene rings is 2. The van der Waals surface area contributed by atoms with Gasteiger partial charge in [0.05, 0.1) is 40.7 Å². The number of aliphatic hydroxyl groups is 1. The molecule has 0 saturated heterocycles. The lowest BCUT2D eigenvalue weighted by atomic mass is 10.1. The summed E-state index contributed by atoms with van der Waals surface area (Å²) in [5.74, 6) is -0.298. The summed E-state index contributed by atoms with van der Waals surface area (Å²) in [6, 6.07) is 12.4. The smallest absolute Gasteiger partial charge is 0.326 e. The van der Waals surface area contributed by atoms with Crippen LogP contribution in [-0.2, 0) is 6.54 Å². The monoisotopic (exact) mass is 552 g/mol. The Kier molecular flexibility index (Phi) is 8.57. The summed E-state index contributed by atoms with van der Waals surface area (Å²) >= 11 is 6.63. The first-order valence-corrected chi connectivity index (χ1v) is 13.2. The number of nitrogens with zero attached hydrogens (tertiary/aromatic N) is 5. The molecule has 0 saturated carbocycles. The molecule has 4 rings (SSSR count). The predicted molar refractivity (Wildman–Crippen MR) is 149 cm³/mol. The Morgan fingerprint density at radius 2 is 1.87 bits per heavy atom. The van der Waals surface area contributed by atoms with E-state index in [9.17, 15) is 19.5 Å². The molecule has 1 aliphatic rings. The average Bonchev–Trinajstić information content (AvgIpc) is 3.32. The van der Waals surface area contributed by atoms with Crippen LogP contribution in [0.1, 0.15) is 42.4 Å². The maximum atomic E-state index is 14.0. The highest BCUT2D eigenvalue weighted by Crippen LogP contribution is 2.33. The second kappa shape index (κ2) is 11.9. The molecule has 0 spiro atoms. The highest BCUT2D eigenvalue weighted by atomic mass is 35.5. The summed E-state index contributed by atoms with van der Waals surface area (Å²) in [7, 11) is 0. The van der Waals surface area contributed by atoms with Gasteiger partial charge in [0.1, 0.15) is 0 Å². The van der Waals surface area contributed by atoms with Gasteiger partial charge in [0.25, 0.3) is 5.91 Å². The molecule has 1 aromatic heterocycles. The second-order valence-corrected chi connectivity index (χ2v) is 9.92. The molecule has 2 heterocycles. The van der Waals surface area contributed by atoms with Gasteiger partial charge in [-0.1, -0.05) is 29.8 Å². The van der Waals surface area contributed by atoms with Crippen LogP contribution in [0.3, 0.4) is 0 Å². The molecule has 39 heavy (non-hydrogen) atoms. The maximum absolute atomic E-state index is 14.0. The first kappa shape index (κ1) is 28.1. The van der Waals surface area contributed by atoms with Crippen molar-refractivity contribution in [3.8, 4) is 5.69 Å². The van der Waals surface area contributed by atoms with Crippen LogP contribution in [0.2, 0.25) is 5.02 Å². The number of carbonyl (C=O) groups excluding carboxylic acids is 3. The van der Waals surface area contributed by atoms with Gasteiger partial charge >= 0.3 is 12.1 Å². The zero-order valence-electron chi connectivity index (χ0n) is 22.5. The summed E-state index contributed by atoms with van der Waals surface area (Å²) in [5, 5.41) is 16.3. The van der Waals surface area contributed by atoms with Crippen LogP contribution in [-0.4, -0.2) is 74.4 Å². The van der Waals surface area contributed by atoms with Crippen LogP contribution in [0.5, 0.6) is 0 Å². The van der Waals surface area contributed by atoms with Gasteiger partial charge in [0, 0.05) is 31.5 Å². The van der Waals surface area contributed by atoms with Crippen LogP contribution in [0.4, 0.5) is 15.3 Å². The Bertz CT molecular complexity index is 1380. The molecule has 5 amide bonds. The van der Waals surface area contributed by atoms with E-state index in [0.29, 0.717) is 17.8 Å². The number of fused-ring (bicyclic) bond motifs is 1. The molecule has 10 nitrogen and oxygen atoms in total. The zero-order chi connectivity index (χ0) is 28.3. The van der Waals surface area contributed by atoms with E-state index in [4.69, 9.17) is 11.6 Å². The molecule has 2 aromatic carbocycles. The van der Waals surface area contributed by atoms with E-state index in [2.05, 4.69) is 10.4 Å². The highest BCUT2D eigenvalue weighted by molar-refractivity contribution is 6.34. The molecule has 0 bridgehead atoms. The molecule has 3 aromatic rings. The number of hydrogen-bond donors (Lipinski definition) is 2. The standard InChI is InChI=1S/C28H33ClN6O4/c1-5-32(14-15-36)27(38)30-28(39)33-17-21-8-6-7-9-25(21)35(20(4)19(33)3)26(37)23-11-10-22(16-24(23)29)34-13-12-18(2)31-34/h6-13,16,19-20,36H,5,14-15,17H2,1-4H3,(H,30,38,39)/t19?,20-/m1/s1. The van der Waals surface area contributed by atoms with Crippen molar-refractivity contribution < 1.29 is 19.5 Å². The number of nitrogens with one attached hydrogen (secondary N) is 1. The molecule has 11 heteroatoms. The number of likely N-dealkylation sites (N-methyl/N-ethyl adjacent to an activating group) is 1. The number of anilines is 1. The minimum absolute atomic E-state index is 0.117. The van der Waals surface area contributed by atoms with Gasteiger partial charge in [0.15, 0.2) is 0 Å². The molecule has 1 aliphatic heterocycles. The lowest BCUT2D eigenvalue weighted by Crippen LogP contribution is -2.55. The molecule has 2 atom stereocenters. The highest BCUT2D eigenvalue weighted by Gasteiger charge is 2.38. The van der Waals surface area contributed by atoms with Gasteiger partial charge in [-0.15, -0.1) is 0 Å². The molecule has 206 valence electrons. The lowest BCUT2D eigenvalue weighted by molar-refractivity contribution is 0.0963. The number of aryl methyl sites for hydroxylation is 1. The van der Waals surface area contributed by atoms with Crippen molar-refractivity contribution in [1.29, 1.82) is 0 Å². The van der Waals surface area contributed by atoms with Crippen molar-refractivity contribution in [3.05, 3.63) is 76.6 Å². The van der Waals surface area contributed by atoms with Crippen LogP contribution in [0, 0.1) is 6.92 Å². The quantitative estimate of drug-likeness (QED) is 0.492. The molecular formula is C28H33ClN6O4. The Hall–Kier alpha value is -3.89. The number of halogens is 1. The Morgan fingerprint density at radius 1 is 1.13 bits per heavy atom. The maximum Gasteiger partial charge on any atom is 0.326 e. The van der Waals surface area contributed by atoms with Gasteiger partial charge in [-0.05, 0) is 63.6 Å². The lowest BCUT2D eigenvalue weighted by Gasteiger charge is -2.35. The molecule has 2 N–H and O–H groups in total. The normalized spacial score (nSPS) is 16.9. The minimum Gasteiger partial charge on any atom is -0.395 e. The minimum atomic E-state index is -0.582. The van der Waals surface area contributed by atoms with E-state index in [1.54, 1.807) is 39.6 Å². The van der Waals surface area contributed by atoms with E-state index in [0.717, 1.165) is 16.9 Å². The topological polar surface area (TPSA) is 111 Å². The van der Waals surface area contributed by atoms with Crippen LogP contribution < -0.4 is 10.2 Å². The largest absolute Gasteiger partial charge is 0.395 e. The molecular weight excluding hydrogens is 520 g/mol. The van der Waals surface area contributed by atoms with Gasteiger partial charge in [-0.2, -0.15) is 5.10 Å². The van der Waals surface area contributed by atoms with Crippen molar-refractivity contribution in [2.75, 3.05) is 24.6 Å². The summed E-state index contributed by atoms with van der Waals surface area (Å²) in [6.45, 7) is 7.82. The fourth-order valence-corrected chi connectivity index (χ4v) is 4.98. The molecule has 0 fully saturated rings. The van der Waals surface area contributed by atoms with Crippen molar-refractivity contribution in [3.63, 3.8) is 0 Å². The number of carbonyl (C=O) groups is 3. The van der Waals surface area contributed by atoms with Gasteiger partial charge in [-0.3, -0.25) is 10.1 Å². The third-order valence-electron chi connectivity index (χ3n) is 7.09. The number of aromatic nitrogens is 2.